The van der Waals surface area contributed by atoms with Crippen LogP contribution in [0.15, 0.2) is 21.9 Å². The Labute approximate surface area is 138 Å². The monoisotopic (exact) mass is 343 g/mol. The minimum Gasteiger partial charge on any atom is -0.394 e. The maximum Gasteiger partial charge on any atom is 0.330 e. The number of nitrogens with two attached hydrogens (primary N) is 1. The average Bonchev–Trinajstić information content (AvgIpc) is 2.80. The number of ether oxygens (including phenoxy) is 1. The van der Waals surface area contributed by atoms with Crippen molar-refractivity contribution >= 4 is 0 Å². The molecule has 1 fully saturated rings. The van der Waals surface area contributed by atoms with Gasteiger partial charge in [0, 0.05) is 12.3 Å². The molecule has 2 heterocycles. The van der Waals surface area contributed by atoms with Gasteiger partial charge in [-0.25, -0.2) is 4.79 Å². The maximum atomic E-state index is 12.2. The molecular formula is C15H25N3O6. The number of hydrogen-bond acceptors (Lipinski definition) is 7. The van der Waals surface area contributed by atoms with E-state index in [0.29, 0.717) is 6.42 Å². The third-order valence-corrected chi connectivity index (χ3v) is 4.50. The number of nitrogens with one attached hydrogen (secondary N) is 1. The summed E-state index contributed by atoms with van der Waals surface area (Å²) in [6.45, 7) is 1.49. The minimum atomic E-state index is -1.76. The van der Waals surface area contributed by atoms with Gasteiger partial charge in [0.25, 0.3) is 5.56 Å². The van der Waals surface area contributed by atoms with Gasteiger partial charge in [0.05, 0.1) is 12.6 Å². The molecule has 1 aliphatic heterocycles. The summed E-state index contributed by atoms with van der Waals surface area (Å²) >= 11 is 0. The van der Waals surface area contributed by atoms with Crippen LogP contribution in [0.2, 0.25) is 0 Å². The van der Waals surface area contributed by atoms with Crippen LogP contribution in [0.4, 0.5) is 0 Å². The van der Waals surface area contributed by atoms with Crippen molar-refractivity contribution in [2.24, 2.45) is 5.73 Å². The van der Waals surface area contributed by atoms with Crippen molar-refractivity contribution in [2.75, 3.05) is 6.61 Å². The maximum absolute atomic E-state index is 12.2. The largest absolute Gasteiger partial charge is 0.394 e. The quantitative estimate of drug-likeness (QED) is 0.367. The normalized spacial score (nSPS) is 31.3. The van der Waals surface area contributed by atoms with Crippen molar-refractivity contribution in [3.63, 3.8) is 0 Å². The van der Waals surface area contributed by atoms with Crippen molar-refractivity contribution in [3.8, 4) is 0 Å². The average molecular weight is 343 g/mol. The molecular weight excluding hydrogens is 318 g/mol. The Kier molecular flexibility index (Phi) is 5.94. The molecule has 24 heavy (non-hydrogen) atoms. The number of H-pyrrole nitrogens is 1. The van der Waals surface area contributed by atoms with Gasteiger partial charge in [0.1, 0.15) is 18.3 Å². The van der Waals surface area contributed by atoms with Crippen LogP contribution in [0.1, 0.15) is 32.6 Å². The Hall–Kier alpha value is -1.52. The Bertz CT molecular complexity index is 659. The second-order valence-electron chi connectivity index (χ2n) is 6.11. The highest BCUT2D eigenvalue weighted by Crippen LogP contribution is 2.38. The lowest BCUT2D eigenvalue weighted by molar-refractivity contribution is -0.166. The molecule has 0 saturated carbocycles. The molecule has 0 aliphatic carbocycles. The third-order valence-electron chi connectivity index (χ3n) is 4.50. The summed E-state index contributed by atoms with van der Waals surface area (Å²) < 4.78 is 6.68. The Morgan fingerprint density at radius 3 is 2.67 bits per heavy atom. The SMILES string of the molecule is CCCCCC(N)[C@@]1(n2ccc(=O)[nH]c2=O)O[C@H](CO)[C@@H](O)[C@H]1O. The number of unbranched alkanes of at least 4 members (excludes halogenated alkanes) is 2. The van der Waals surface area contributed by atoms with E-state index in [1.807, 2.05) is 6.92 Å². The topological polar surface area (TPSA) is 151 Å². The zero-order valence-corrected chi connectivity index (χ0v) is 13.6. The van der Waals surface area contributed by atoms with Crippen molar-refractivity contribution in [2.45, 2.75) is 62.7 Å². The second kappa shape index (κ2) is 7.58. The summed E-state index contributed by atoms with van der Waals surface area (Å²) in [5, 5.41) is 30.1. The van der Waals surface area contributed by atoms with E-state index in [0.717, 1.165) is 29.9 Å². The fourth-order valence-electron chi connectivity index (χ4n) is 3.17. The molecule has 2 rings (SSSR count). The first-order valence-electron chi connectivity index (χ1n) is 8.11. The minimum absolute atomic E-state index is 0.432. The van der Waals surface area contributed by atoms with E-state index in [9.17, 15) is 24.9 Å². The van der Waals surface area contributed by atoms with Crippen LogP contribution in [-0.4, -0.2) is 55.8 Å². The van der Waals surface area contributed by atoms with Crippen molar-refractivity contribution in [3.05, 3.63) is 33.1 Å². The van der Waals surface area contributed by atoms with Gasteiger partial charge in [0.15, 0.2) is 5.72 Å². The summed E-state index contributed by atoms with van der Waals surface area (Å²) in [4.78, 5) is 25.6. The van der Waals surface area contributed by atoms with Gasteiger partial charge in [0.2, 0.25) is 0 Å². The molecule has 1 aromatic rings. The first-order valence-corrected chi connectivity index (χ1v) is 8.11. The van der Waals surface area contributed by atoms with E-state index in [1.54, 1.807) is 0 Å². The van der Waals surface area contributed by atoms with E-state index in [-0.39, 0.29) is 0 Å². The summed E-state index contributed by atoms with van der Waals surface area (Å²) in [5.74, 6) is 0. The molecule has 136 valence electrons. The van der Waals surface area contributed by atoms with E-state index in [4.69, 9.17) is 10.5 Å². The number of hydrogen-bond donors (Lipinski definition) is 5. The van der Waals surface area contributed by atoms with Crippen LogP contribution in [0.25, 0.3) is 0 Å². The Balaban J connectivity index is 2.49. The van der Waals surface area contributed by atoms with E-state index >= 15 is 0 Å². The van der Waals surface area contributed by atoms with E-state index in [1.165, 1.54) is 6.20 Å². The van der Waals surface area contributed by atoms with Gasteiger partial charge in [-0.1, -0.05) is 26.2 Å². The zero-order chi connectivity index (χ0) is 17.9. The first kappa shape index (κ1) is 18.8. The summed E-state index contributed by atoms with van der Waals surface area (Å²) in [6.07, 6.45) is 0.193. The van der Waals surface area contributed by atoms with Crippen molar-refractivity contribution in [1.29, 1.82) is 0 Å². The lowest BCUT2D eigenvalue weighted by atomic mass is 9.91. The number of rotatable bonds is 7. The van der Waals surface area contributed by atoms with Crippen molar-refractivity contribution in [1.82, 2.24) is 9.55 Å². The summed E-state index contributed by atoms with van der Waals surface area (Å²) in [6, 6.07) is 0.283. The highest BCUT2D eigenvalue weighted by atomic mass is 16.6. The van der Waals surface area contributed by atoms with Gasteiger partial charge in [-0.05, 0) is 6.42 Å². The van der Waals surface area contributed by atoms with Crippen LogP contribution < -0.4 is 17.0 Å². The summed E-state index contributed by atoms with van der Waals surface area (Å²) in [7, 11) is 0. The fraction of sp³-hybridized carbons (Fsp3) is 0.733. The molecule has 0 radical (unpaired) electrons. The smallest absolute Gasteiger partial charge is 0.330 e. The Morgan fingerprint density at radius 2 is 2.12 bits per heavy atom. The predicted molar refractivity (Wildman–Crippen MR) is 85.4 cm³/mol. The third kappa shape index (κ3) is 3.17. The molecule has 0 aromatic carbocycles. The van der Waals surface area contributed by atoms with E-state index < -0.39 is 47.9 Å². The van der Waals surface area contributed by atoms with Crippen LogP contribution in [0.3, 0.4) is 0 Å². The molecule has 5 atom stereocenters. The molecule has 0 amide bonds. The molecule has 1 aromatic heterocycles. The van der Waals surface area contributed by atoms with Crippen LogP contribution in [-0.2, 0) is 10.5 Å². The molecule has 6 N–H and O–H groups in total. The molecule has 1 aliphatic rings. The zero-order valence-electron chi connectivity index (χ0n) is 13.6. The highest BCUT2D eigenvalue weighted by molar-refractivity contribution is 5.06. The number of nitrogens with zero attached hydrogens (tertiary/aromatic N) is 1. The van der Waals surface area contributed by atoms with Crippen LogP contribution >= 0.6 is 0 Å². The second-order valence-corrected chi connectivity index (χ2v) is 6.11. The van der Waals surface area contributed by atoms with Gasteiger partial charge in [-0.2, -0.15) is 0 Å². The summed E-state index contributed by atoms with van der Waals surface area (Å²) in [5.41, 5.74) is 3.07. The lowest BCUT2D eigenvalue weighted by Crippen LogP contribution is -2.61. The molecule has 0 spiro atoms. The number of aliphatic hydroxyl groups is 3. The lowest BCUT2D eigenvalue weighted by Gasteiger charge is -2.38. The molecule has 1 unspecified atom stereocenters. The number of aromatic amines is 1. The van der Waals surface area contributed by atoms with E-state index in [2.05, 4.69) is 4.98 Å². The molecule has 9 nitrogen and oxygen atoms in total. The molecule has 1 saturated heterocycles. The predicted octanol–water partition coefficient (Wildman–Crippen LogP) is -1.79. The Morgan fingerprint density at radius 1 is 1.42 bits per heavy atom. The molecule has 9 heteroatoms. The van der Waals surface area contributed by atoms with Gasteiger partial charge >= 0.3 is 5.69 Å². The van der Waals surface area contributed by atoms with Gasteiger partial charge in [-0.15, -0.1) is 0 Å². The number of aliphatic hydroxyl groups excluding tert-OH is 3. The van der Waals surface area contributed by atoms with Gasteiger partial charge in [-0.3, -0.25) is 14.3 Å². The van der Waals surface area contributed by atoms with Gasteiger partial charge < -0.3 is 25.8 Å². The fourth-order valence-corrected chi connectivity index (χ4v) is 3.17. The van der Waals surface area contributed by atoms with Crippen LogP contribution in [0.5, 0.6) is 0 Å². The highest BCUT2D eigenvalue weighted by Gasteiger charge is 2.58. The van der Waals surface area contributed by atoms with Crippen molar-refractivity contribution < 1.29 is 20.1 Å². The van der Waals surface area contributed by atoms with Crippen LogP contribution in [0, 0.1) is 0 Å². The first-order chi connectivity index (χ1) is 11.4. The standard InChI is InChI=1S/C15H25N3O6/c1-2-3-4-5-10(16)15(13(22)12(21)9(8-19)24-15)18-7-6-11(20)17-14(18)23/h6-7,9-10,12-13,19,21-22H,2-5,8,16H2,1H3,(H,17,20,23)/t9-,10?,12-,13-,15-/m1/s1. The number of aromatic nitrogens is 2. The molecule has 0 bridgehead atoms.